The first-order valence-electron chi connectivity index (χ1n) is 13.4. The van der Waals surface area contributed by atoms with E-state index in [4.69, 9.17) is 0 Å². The van der Waals surface area contributed by atoms with Crippen LogP contribution < -0.4 is 0 Å². The first-order valence-corrected chi connectivity index (χ1v) is 15.4. The van der Waals surface area contributed by atoms with Crippen molar-refractivity contribution < 1.29 is 26.2 Å². The molecule has 38 heavy (non-hydrogen) atoms. The number of fused-ring (bicyclic) bond motifs is 6. The molecule has 0 aromatic heterocycles. The van der Waals surface area contributed by atoms with Crippen molar-refractivity contribution in [2.45, 2.75) is 52.6 Å². The fourth-order valence-corrected chi connectivity index (χ4v) is 3.81. The van der Waals surface area contributed by atoms with Crippen LogP contribution in [0.3, 0.4) is 0 Å². The predicted molar refractivity (Wildman–Crippen MR) is 172 cm³/mol. The van der Waals surface area contributed by atoms with E-state index in [1.807, 2.05) is 0 Å². The summed E-state index contributed by atoms with van der Waals surface area (Å²) in [5.74, 6) is 0. The molecule has 0 aliphatic rings. The third-order valence-corrected chi connectivity index (χ3v) is 5.75. The minimum atomic E-state index is 0. The molecule has 2 heteroatoms. The Kier molecular flexibility index (Phi) is 17.5. The Balaban J connectivity index is 0.000000272. The van der Waals surface area contributed by atoms with Crippen LogP contribution in [0.1, 0.15) is 39.5 Å². The third-order valence-electron chi connectivity index (χ3n) is 5.75. The van der Waals surface area contributed by atoms with E-state index in [2.05, 4.69) is 150 Å². The molecule has 6 rings (SSSR count). The van der Waals surface area contributed by atoms with Gasteiger partial charge in [-0.1, -0.05) is 113 Å². The average molecular weight is 594 g/mol. The second-order valence-corrected chi connectivity index (χ2v) is 9.84. The van der Waals surface area contributed by atoms with Gasteiger partial charge in [-0.15, -0.1) is 79.5 Å². The minimum absolute atomic E-state index is 0. The summed E-state index contributed by atoms with van der Waals surface area (Å²) >= 11 is 0. The summed E-state index contributed by atoms with van der Waals surface area (Å²) in [6, 6.07) is 38.5. The van der Waals surface area contributed by atoms with Gasteiger partial charge in [-0.2, -0.15) is 12.8 Å². The van der Waals surface area contributed by atoms with Crippen molar-refractivity contribution in [3.8, 4) is 0 Å². The maximum atomic E-state index is 3.60. The zero-order valence-electron chi connectivity index (χ0n) is 23.6. The van der Waals surface area contributed by atoms with Gasteiger partial charge in [-0.25, -0.2) is 0 Å². The van der Waals surface area contributed by atoms with Crippen LogP contribution in [-0.4, -0.2) is 9.52 Å². The largest absolute Gasteiger partial charge is 4.00 e. The Morgan fingerprint density at radius 1 is 0.500 bits per heavy atom. The molecular formula is C36H42SiZr. The maximum Gasteiger partial charge on any atom is 4.00 e. The molecule has 0 unspecified atom stereocenters. The Morgan fingerprint density at radius 3 is 0.868 bits per heavy atom. The van der Waals surface area contributed by atoms with E-state index in [0.717, 1.165) is 22.4 Å². The summed E-state index contributed by atoms with van der Waals surface area (Å²) in [7, 11) is 1.08. The summed E-state index contributed by atoms with van der Waals surface area (Å²) in [6.07, 6.45) is 4.56. The van der Waals surface area contributed by atoms with Crippen LogP contribution in [0.25, 0.3) is 43.1 Å². The quantitative estimate of drug-likeness (QED) is 0.138. The molecule has 2 radical (unpaired) electrons. The van der Waals surface area contributed by atoms with Gasteiger partial charge in [0.2, 0.25) is 0 Å². The molecule has 0 spiro atoms. The molecule has 0 bridgehead atoms. The van der Waals surface area contributed by atoms with E-state index in [9.17, 15) is 0 Å². The maximum absolute atomic E-state index is 3.60. The number of rotatable bonds is 2. The number of hydrogen-bond acceptors (Lipinski definition) is 0. The van der Waals surface area contributed by atoms with Gasteiger partial charge in [0.05, 0.1) is 0 Å². The average Bonchev–Trinajstić information content (AvgIpc) is 3.52. The smallest absolute Gasteiger partial charge is 0.343 e. The Morgan fingerprint density at radius 2 is 0.684 bits per heavy atom. The van der Waals surface area contributed by atoms with E-state index in [0.29, 0.717) is 0 Å². The van der Waals surface area contributed by atoms with E-state index >= 15 is 0 Å². The molecule has 0 aliphatic carbocycles. The van der Waals surface area contributed by atoms with Gasteiger partial charge in [-0.05, 0) is 0 Å². The predicted octanol–water partition coefficient (Wildman–Crippen LogP) is 11.4. The van der Waals surface area contributed by atoms with E-state index < -0.39 is 0 Å². The summed E-state index contributed by atoms with van der Waals surface area (Å²) in [5.41, 5.74) is 0. The van der Waals surface area contributed by atoms with Gasteiger partial charge in [0.25, 0.3) is 0 Å². The molecule has 6 aromatic rings. The molecule has 0 saturated heterocycles. The fraction of sp³-hybridized carbons (Fsp3) is 0.222. The van der Waals surface area contributed by atoms with Crippen molar-refractivity contribution in [3.05, 3.63) is 123 Å². The van der Waals surface area contributed by atoms with Gasteiger partial charge in [0.1, 0.15) is 0 Å². The molecular weight excluding hydrogens is 552 g/mol. The van der Waals surface area contributed by atoms with E-state index in [1.54, 1.807) is 0 Å². The van der Waals surface area contributed by atoms with Crippen molar-refractivity contribution in [1.29, 1.82) is 0 Å². The SMILES string of the molecule is C[Si]C.[CH2-]CCC.[CH2-]CCC.[Zr+4].c1ccc2c(c1)[cH-]c1ccccc12.c1ccc2c(c1)[cH-]c1ccccc12. The third kappa shape index (κ3) is 10.1. The molecule has 0 atom stereocenters. The Labute approximate surface area is 253 Å². The molecule has 0 fully saturated rings. The van der Waals surface area contributed by atoms with Gasteiger partial charge < -0.3 is 13.8 Å². The Bertz CT molecular complexity index is 1210. The zero-order valence-corrected chi connectivity index (χ0v) is 27.1. The molecule has 0 amide bonds. The van der Waals surface area contributed by atoms with Crippen LogP contribution in [0.4, 0.5) is 0 Å². The standard InChI is InChI=1S/2C13H9.2C4H9.C2H6Si.Zr/c2*1-3-7-12-10(5-1)9-11-6-2-4-8-13(11)12;2*1-3-4-2;1-3-2;/h2*1-9H;2*1,3-4H2,2H3;1-2H3;/q4*-1;;+4. The molecule has 0 heterocycles. The molecule has 0 N–H and O–H groups in total. The normalized spacial score (nSPS) is 9.63. The van der Waals surface area contributed by atoms with E-state index in [1.165, 1.54) is 55.9 Å². The van der Waals surface area contributed by atoms with Crippen molar-refractivity contribution >= 4 is 52.6 Å². The Hall–Kier alpha value is -2.28. The first kappa shape index (κ1) is 33.7. The van der Waals surface area contributed by atoms with Gasteiger partial charge in [-0.3, -0.25) is 0 Å². The molecule has 0 saturated carbocycles. The monoisotopic (exact) mass is 592 g/mol. The summed E-state index contributed by atoms with van der Waals surface area (Å²) in [6.45, 7) is 15.7. The molecule has 6 aromatic carbocycles. The van der Waals surface area contributed by atoms with Crippen LogP contribution in [0, 0.1) is 13.8 Å². The summed E-state index contributed by atoms with van der Waals surface area (Å²) < 4.78 is 0. The molecule has 0 aliphatic heterocycles. The minimum Gasteiger partial charge on any atom is -0.343 e. The molecule has 0 nitrogen and oxygen atoms in total. The van der Waals surface area contributed by atoms with Crippen LogP contribution in [0.5, 0.6) is 0 Å². The molecule has 194 valence electrons. The van der Waals surface area contributed by atoms with Crippen molar-refractivity contribution in [3.63, 3.8) is 0 Å². The van der Waals surface area contributed by atoms with Crippen molar-refractivity contribution in [2.24, 2.45) is 0 Å². The van der Waals surface area contributed by atoms with Crippen molar-refractivity contribution in [1.82, 2.24) is 0 Å². The number of hydrogen-bond donors (Lipinski definition) is 0. The van der Waals surface area contributed by atoms with Gasteiger partial charge in [0, 0.05) is 9.52 Å². The van der Waals surface area contributed by atoms with Gasteiger partial charge >= 0.3 is 26.2 Å². The second kappa shape index (κ2) is 19.7. The number of benzene rings is 4. The fourth-order valence-electron chi connectivity index (χ4n) is 3.81. The second-order valence-electron chi connectivity index (χ2n) is 8.84. The van der Waals surface area contributed by atoms with Gasteiger partial charge in [0.15, 0.2) is 0 Å². The van der Waals surface area contributed by atoms with Crippen LogP contribution >= 0.6 is 0 Å². The zero-order chi connectivity index (χ0) is 26.9. The van der Waals surface area contributed by atoms with E-state index in [-0.39, 0.29) is 26.2 Å². The topological polar surface area (TPSA) is 0 Å². The summed E-state index contributed by atoms with van der Waals surface area (Å²) in [4.78, 5) is 0. The number of unbranched alkanes of at least 4 members (excludes halogenated alkanes) is 2. The van der Waals surface area contributed by atoms with Crippen LogP contribution in [-0.2, 0) is 26.2 Å². The van der Waals surface area contributed by atoms with Crippen molar-refractivity contribution in [2.75, 3.05) is 0 Å². The first-order chi connectivity index (χ1) is 18.1. The van der Waals surface area contributed by atoms with Crippen LogP contribution in [0.15, 0.2) is 109 Å². The van der Waals surface area contributed by atoms with Crippen LogP contribution in [0.2, 0.25) is 13.1 Å². The summed E-state index contributed by atoms with van der Waals surface area (Å²) in [5, 5.41) is 10.8.